The van der Waals surface area contributed by atoms with Crippen molar-refractivity contribution in [1.29, 1.82) is 0 Å². The predicted molar refractivity (Wildman–Crippen MR) is 85.2 cm³/mol. The molecule has 1 aliphatic carbocycles. The molecule has 0 amide bonds. The van der Waals surface area contributed by atoms with Gasteiger partial charge in [0.1, 0.15) is 11.5 Å². The smallest absolute Gasteiger partial charge is 0.308 e. The van der Waals surface area contributed by atoms with Crippen molar-refractivity contribution in [3.63, 3.8) is 0 Å². The summed E-state index contributed by atoms with van der Waals surface area (Å²) in [7, 11) is 0. The van der Waals surface area contributed by atoms with E-state index in [1.807, 2.05) is 24.3 Å². The SMILES string of the molecule is CC(=O)Oc1ccc2c(c1)CCC[C@@H]2Cc1ccc(O)cc1. The van der Waals surface area contributed by atoms with E-state index < -0.39 is 0 Å². The minimum atomic E-state index is -0.281. The van der Waals surface area contributed by atoms with Crippen LogP contribution in [0.2, 0.25) is 0 Å². The summed E-state index contributed by atoms with van der Waals surface area (Å²) in [4.78, 5) is 11.1. The molecule has 2 aromatic carbocycles. The number of phenols is 1. The molecule has 0 unspecified atom stereocenters. The summed E-state index contributed by atoms with van der Waals surface area (Å²) in [5, 5.41) is 9.38. The third kappa shape index (κ3) is 3.30. The first kappa shape index (κ1) is 14.6. The van der Waals surface area contributed by atoms with Crippen molar-refractivity contribution < 1.29 is 14.6 Å². The van der Waals surface area contributed by atoms with Crippen molar-refractivity contribution in [3.8, 4) is 11.5 Å². The standard InChI is InChI=1S/C19H20O3/c1-13(20)22-18-9-10-19-15(3-2-4-16(19)12-18)11-14-5-7-17(21)8-6-14/h5-10,12,15,21H,2-4,11H2,1H3/t15-/m1/s1. The number of rotatable bonds is 3. The van der Waals surface area contributed by atoms with Gasteiger partial charge in [-0.05, 0) is 72.6 Å². The van der Waals surface area contributed by atoms with Gasteiger partial charge in [-0.15, -0.1) is 0 Å². The first-order chi connectivity index (χ1) is 10.6. The van der Waals surface area contributed by atoms with Crippen LogP contribution in [0.5, 0.6) is 11.5 Å². The number of aryl methyl sites for hydroxylation is 1. The van der Waals surface area contributed by atoms with E-state index >= 15 is 0 Å². The molecule has 3 rings (SSSR count). The number of hydrogen-bond donors (Lipinski definition) is 1. The van der Waals surface area contributed by atoms with Crippen LogP contribution in [-0.4, -0.2) is 11.1 Å². The van der Waals surface area contributed by atoms with Crippen LogP contribution in [-0.2, 0) is 17.6 Å². The molecule has 1 aliphatic rings. The highest BCUT2D eigenvalue weighted by atomic mass is 16.5. The number of ether oxygens (including phenoxy) is 1. The number of hydrogen-bond acceptors (Lipinski definition) is 3. The Morgan fingerprint density at radius 1 is 1.23 bits per heavy atom. The van der Waals surface area contributed by atoms with Gasteiger partial charge >= 0.3 is 5.97 Å². The fourth-order valence-corrected chi connectivity index (χ4v) is 3.25. The van der Waals surface area contributed by atoms with Crippen LogP contribution in [0.3, 0.4) is 0 Å². The largest absolute Gasteiger partial charge is 0.508 e. The van der Waals surface area contributed by atoms with E-state index in [0.29, 0.717) is 17.4 Å². The molecule has 0 saturated heterocycles. The van der Waals surface area contributed by atoms with Crippen molar-refractivity contribution in [2.24, 2.45) is 0 Å². The van der Waals surface area contributed by atoms with Crippen LogP contribution < -0.4 is 4.74 Å². The van der Waals surface area contributed by atoms with Gasteiger partial charge in [0.15, 0.2) is 0 Å². The van der Waals surface area contributed by atoms with Crippen molar-refractivity contribution >= 4 is 5.97 Å². The minimum absolute atomic E-state index is 0.281. The minimum Gasteiger partial charge on any atom is -0.508 e. The van der Waals surface area contributed by atoms with Crippen molar-refractivity contribution in [3.05, 3.63) is 59.2 Å². The Labute approximate surface area is 130 Å². The highest BCUT2D eigenvalue weighted by Crippen LogP contribution is 2.36. The van der Waals surface area contributed by atoms with Gasteiger partial charge in [-0.25, -0.2) is 0 Å². The van der Waals surface area contributed by atoms with E-state index in [4.69, 9.17) is 4.74 Å². The van der Waals surface area contributed by atoms with Crippen LogP contribution >= 0.6 is 0 Å². The molecule has 0 aliphatic heterocycles. The molecular formula is C19H20O3. The zero-order chi connectivity index (χ0) is 15.5. The Morgan fingerprint density at radius 2 is 2.00 bits per heavy atom. The molecular weight excluding hydrogens is 276 g/mol. The van der Waals surface area contributed by atoms with Crippen LogP contribution in [0.25, 0.3) is 0 Å². The monoisotopic (exact) mass is 296 g/mol. The lowest BCUT2D eigenvalue weighted by Gasteiger charge is -2.26. The van der Waals surface area contributed by atoms with Gasteiger partial charge in [0, 0.05) is 6.92 Å². The zero-order valence-corrected chi connectivity index (χ0v) is 12.7. The average molecular weight is 296 g/mol. The Morgan fingerprint density at radius 3 is 2.73 bits per heavy atom. The number of fused-ring (bicyclic) bond motifs is 1. The van der Waals surface area contributed by atoms with Crippen LogP contribution in [0.1, 0.15) is 42.4 Å². The number of aromatic hydroxyl groups is 1. The molecule has 0 spiro atoms. The number of carbonyl (C=O) groups is 1. The maximum Gasteiger partial charge on any atom is 0.308 e. The molecule has 1 atom stereocenters. The molecule has 0 heterocycles. The van der Waals surface area contributed by atoms with Gasteiger partial charge in [0.05, 0.1) is 0 Å². The molecule has 22 heavy (non-hydrogen) atoms. The van der Waals surface area contributed by atoms with Gasteiger partial charge in [-0.2, -0.15) is 0 Å². The van der Waals surface area contributed by atoms with Crippen LogP contribution in [0, 0.1) is 0 Å². The summed E-state index contributed by atoms with van der Waals surface area (Å²) in [5.41, 5.74) is 3.88. The predicted octanol–water partition coefficient (Wildman–Crippen LogP) is 3.98. The van der Waals surface area contributed by atoms with Crippen molar-refractivity contribution in [2.75, 3.05) is 0 Å². The molecule has 0 saturated carbocycles. The Kier molecular flexibility index (Phi) is 4.14. The second-order valence-electron chi connectivity index (χ2n) is 5.91. The first-order valence-corrected chi connectivity index (χ1v) is 7.71. The third-order valence-electron chi connectivity index (χ3n) is 4.23. The van der Waals surface area contributed by atoms with Crippen LogP contribution in [0.15, 0.2) is 42.5 Å². The lowest BCUT2D eigenvalue weighted by molar-refractivity contribution is -0.131. The fourth-order valence-electron chi connectivity index (χ4n) is 3.25. The van der Waals surface area contributed by atoms with E-state index in [9.17, 15) is 9.90 Å². The molecule has 114 valence electrons. The molecule has 3 nitrogen and oxygen atoms in total. The second kappa shape index (κ2) is 6.22. The van der Waals surface area contributed by atoms with Gasteiger partial charge in [-0.3, -0.25) is 4.79 Å². The summed E-state index contributed by atoms with van der Waals surface area (Å²) >= 11 is 0. The zero-order valence-electron chi connectivity index (χ0n) is 12.7. The van der Waals surface area contributed by atoms with Crippen molar-refractivity contribution in [1.82, 2.24) is 0 Å². The van der Waals surface area contributed by atoms with E-state index in [0.717, 1.165) is 19.3 Å². The Bertz CT molecular complexity index is 674. The number of carbonyl (C=O) groups excluding carboxylic acids is 1. The van der Waals surface area contributed by atoms with Gasteiger partial charge < -0.3 is 9.84 Å². The molecule has 2 aromatic rings. The molecule has 0 radical (unpaired) electrons. The molecule has 0 fully saturated rings. The maximum absolute atomic E-state index is 11.1. The molecule has 1 N–H and O–H groups in total. The summed E-state index contributed by atoms with van der Waals surface area (Å²) in [5.74, 6) is 1.14. The van der Waals surface area contributed by atoms with E-state index in [1.165, 1.54) is 30.0 Å². The quantitative estimate of drug-likeness (QED) is 0.688. The number of benzene rings is 2. The first-order valence-electron chi connectivity index (χ1n) is 7.71. The molecule has 0 bridgehead atoms. The Hall–Kier alpha value is -2.29. The van der Waals surface area contributed by atoms with Gasteiger partial charge in [0.25, 0.3) is 0 Å². The summed E-state index contributed by atoms with van der Waals surface area (Å²) in [6, 6.07) is 13.4. The highest BCUT2D eigenvalue weighted by Gasteiger charge is 2.21. The Balaban J connectivity index is 1.81. The summed E-state index contributed by atoms with van der Waals surface area (Å²) < 4.78 is 5.18. The topological polar surface area (TPSA) is 46.5 Å². The second-order valence-corrected chi connectivity index (χ2v) is 5.91. The summed E-state index contributed by atoms with van der Waals surface area (Å²) in [6.45, 7) is 1.42. The third-order valence-corrected chi connectivity index (χ3v) is 4.23. The summed E-state index contributed by atoms with van der Waals surface area (Å²) in [6.07, 6.45) is 4.33. The van der Waals surface area contributed by atoms with E-state index in [1.54, 1.807) is 12.1 Å². The number of phenolic OH excluding ortho intramolecular Hbond substituents is 1. The van der Waals surface area contributed by atoms with Crippen molar-refractivity contribution in [2.45, 2.75) is 38.5 Å². The maximum atomic E-state index is 11.1. The lowest BCUT2D eigenvalue weighted by Crippen LogP contribution is -2.13. The van der Waals surface area contributed by atoms with Crippen LogP contribution in [0.4, 0.5) is 0 Å². The van der Waals surface area contributed by atoms with Gasteiger partial charge in [-0.1, -0.05) is 18.2 Å². The van der Waals surface area contributed by atoms with E-state index in [-0.39, 0.29) is 5.97 Å². The normalized spacial score (nSPS) is 16.9. The highest BCUT2D eigenvalue weighted by molar-refractivity contribution is 5.69. The lowest BCUT2D eigenvalue weighted by atomic mass is 9.79. The molecule has 3 heteroatoms. The molecule has 0 aromatic heterocycles. The fraction of sp³-hybridized carbons (Fsp3) is 0.316. The van der Waals surface area contributed by atoms with E-state index in [2.05, 4.69) is 6.07 Å². The van der Waals surface area contributed by atoms with Gasteiger partial charge in [0.2, 0.25) is 0 Å². The average Bonchev–Trinajstić information content (AvgIpc) is 2.49. The number of esters is 1.